The van der Waals surface area contributed by atoms with E-state index in [1.54, 1.807) is 0 Å². The number of anilines is 2. The van der Waals surface area contributed by atoms with Gasteiger partial charge in [-0.2, -0.15) is 4.42 Å². The maximum absolute atomic E-state index is 13.0. The summed E-state index contributed by atoms with van der Waals surface area (Å²) in [7, 11) is 0. The quantitative estimate of drug-likeness (QED) is 0.256. The van der Waals surface area contributed by atoms with Gasteiger partial charge in [0.05, 0.1) is 27.5 Å². The first-order chi connectivity index (χ1) is 15.2. The molecule has 0 radical (unpaired) electrons. The topological polar surface area (TPSA) is 164 Å². The van der Waals surface area contributed by atoms with E-state index in [4.69, 9.17) is 45.1 Å². The van der Waals surface area contributed by atoms with Crippen LogP contribution < -0.4 is 11.5 Å². The standard InChI is InChI=1S/C8H7ClFNO2.C8H8FNO2.C4H4ClNO2.CH4/c1-3-6(10)5(9)2-4(7(3)11)8(12)13;1-4-6(9)3-2-5(7(4)10)8(11)12;5-6-3(7)1-2-4(6)8;/h2H,11H2,1H3,(H,12,13);2-3H,10H2,1H3,(H,11,12);1-2H2;1H4. The molecular weight excluding hydrogens is 499 g/mol. The van der Waals surface area contributed by atoms with E-state index in [2.05, 4.69) is 0 Å². The van der Waals surface area contributed by atoms with Crippen molar-refractivity contribution in [1.29, 1.82) is 0 Å². The van der Waals surface area contributed by atoms with E-state index in [-0.39, 0.29) is 70.7 Å². The minimum Gasteiger partial charge on any atom is -0.478 e. The highest BCUT2D eigenvalue weighted by Crippen LogP contribution is 2.26. The third kappa shape index (κ3) is 7.29. The Morgan fingerprint density at radius 1 is 0.941 bits per heavy atom. The smallest absolute Gasteiger partial charge is 0.337 e. The van der Waals surface area contributed by atoms with Gasteiger partial charge in [-0.15, -0.1) is 0 Å². The third-order valence-electron chi connectivity index (χ3n) is 4.40. The molecule has 13 heteroatoms. The second-order valence-electron chi connectivity index (χ2n) is 6.57. The molecule has 0 spiro atoms. The zero-order valence-corrected chi connectivity index (χ0v) is 18.8. The van der Waals surface area contributed by atoms with Crippen molar-refractivity contribution in [2.75, 3.05) is 11.5 Å². The Labute approximate surface area is 204 Å². The van der Waals surface area contributed by atoms with E-state index < -0.39 is 23.6 Å². The van der Waals surface area contributed by atoms with Crippen LogP contribution in [0.2, 0.25) is 5.02 Å². The van der Waals surface area contributed by atoms with Crippen molar-refractivity contribution in [3.63, 3.8) is 0 Å². The normalized spacial score (nSPS) is 12.1. The van der Waals surface area contributed by atoms with Crippen molar-refractivity contribution in [2.45, 2.75) is 34.1 Å². The summed E-state index contributed by atoms with van der Waals surface area (Å²) in [5.41, 5.74) is 10.6. The molecule has 1 heterocycles. The van der Waals surface area contributed by atoms with E-state index in [1.165, 1.54) is 13.8 Å². The van der Waals surface area contributed by atoms with Crippen LogP contribution >= 0.6 is 23.4 Å². The summed E-state index contributed by atoms with van der Waals surface area (Å²) in [5.74, 6) is -4.12. The molecule has 0 saturated carbocycles. The summed E-state index contributed by atoms with van der Waals surface area (Å²) in [4.78, 5) is 41.8. The Morgan fingerprint density at radius 2 is 1.38 bits per heavy atom. The van der Waals surface area contributed by atoms with Gasteiger partial charge in [0.2, 0.25) is 11.8 Å². The number of hydrogen-bond acceptors (Lipinski definition) is 6. The average molecular weight is 522 g/mol. The fourth-order valence-electron chi connectivity index (χ4n) is 2.38. The lowest BCUT2D eigenvalue weighted by Crippen LogP contribution is -2.16. The van der Waals surface area contributed by atoms with Crippen LogP contribution in [0.1, 0.15) is 52.1 Å². The van der Waals surface area contributed by atoms with Gasteiger partial charge < -0.3 is 21.7 Å². The number of halogens is 4. The van der Waals surface area contributed by atoms with Gasteiger partial charge in [-0.05, 0) is 32.0 Å². The van der Waals surface area contributed by atoms with Gasteiger partial charge in [-0.3, -0.25) is 9.59 Å². The van der Waals surface area contributed by atoms with Crippen molar-refractivity contribution in [3.8, 4) is 0 Å². The molecule has 1 aliphatic heterocycles. The summed E-state index contributed by atoms with van der Waals surface area (Å²) in [6, 6.07) is 3.25. The average Bonchev–Trinajstić information content (AvgIpc) is 3.04. The number of carboxylic acids is 2. The van der Waals surface area contributed by atoms with Crippen LogP contribution in [0, 0.1) is 25.5 Å². The molecule has 0 aromatic heterocycles. The molecule has 34 heavy (non-hydrogen) atoms. The first kappa shape index (κ1) is 30.6. The summed E-state index contributed by atoms with van der Waals surface area (Å²) in [6.45, 7) is 2.82. The number of amides is 2. The van der Waals surface area contributed by atoms with Gasteiger partial charge in [0.25, 0.3) is 0 Å². The lowest BCUT2D eigenvalue weighted by Gasteiger charge is -2.06. The number of carbonyl (C=O) groups is 4. The van der Waals surface area contributed by atoms with Crippen LogP contribution in [0.3, 0.4) is 0 Å². The van der Waals surface area contributed by atoms with E-state index in [0.717, 1.165) is 18.2 Å². The second-order valence-corrected chi connectivity index (χ2v) is 7.32. The van der Waals surface area contributed by atoms with Crippen LogP contribution in [0.4, 0.5) is 20.2 Å². The number of imide groups is 1. The molecule has 0 bridgehead atoms. The monoisotopic (exact) mass is 521 g/mol. The molecule has 2 aromatic rings. The largest absolute Gasteiger partial charge is 0.478 e. The van der Waals surface area contributed by atoms with Crippen molar-refractivity contribution in [2.24, 2.45) is 0 Å². The number of hydrogen-bond donors (Lipinski definition) is 4. The highest BCUT2D eigenvalue weighted by molar-refractivity contribution is 6.32. The molecule has 0 aliphatic carbocycles. The second kappa shape index (κ2) is 12.7. The summed E-state index contributed by atoms with van der Waals surface area (Å²) >= 11 is 10.6. The van der Waals surface area contributed by atoms with E-state index in [1.807, 2.05) is 0 Å². The Morgan fingerprint density at radius 3 is 1.76 bits per heavy atom. The summed E-state index contributed by atoms with van der Waals surface area (Å²) < 4.78 is 26.4. The van der Waals surface area contributed by atoms with Gasteiger partial charge in [-0.1, -0.05) is 19.0 Å². The first-order valence-electron chi connectivity index (χ1n) is 8.97. The number of aromatic carboxylic acids is 2. The van der Waals surface area contributed by atoms with Crippen LogP contribution in [0.5, 0.6) is 0 Å². The molecule has 1 aliphatic rings. The number of carbonyl (C=O) groups excluding carboxylic acids is 2. The van der Waals surface area contributed by atoms with Gasteiger partial charge in [0.15, 0.2) is 0 Å². The van der Waals surface area contributed by atoms with Gasteiger partial charge in [-0.25, -0.2) is 18.4 Å². The molecule has 9 nitrogen and oxygen atoms in total. The predicted octanol–water partition coefficient (Wildman–Crippen LogP) is 4.41. The number of nitrogen functional groups attached to an aromatic ring is 2. The minimum atomic E-state index is -1.22. The van der Waals surface area contributed by atoms with Crippen LogP contribution in [0.25, 0.3) is 0 Å². The molecule has 3 rings (SSSR count). The van der Waals surface area contributed by atoms with Crippen molar-refractivity contribution in [3.05, 3.63) is 57.1 Å². The van der Waals surface area contributed by atoms with Crippen molar-refractivity contribution >= 4 is 58.5 Å². The zero-order chi connectivity index (χ0) is 25.6. The van der Waals surface area contributed by atoms with Crippen molar-refractivity contribution < 1.29 is 38.2 Å². The third-order valence-corrected chi connectivity index (χ3v) is 5.06. The van der Waals surface area contributed by atoms with Crippen molar-refractivity contribution in [1.82, 2.24) is 4.42 Å². The lowest BCUT2D eigenvalue weighted by molar-refractivity contribution is -0.132. The summed E-state index contributed by atoms with van der Waals surface area (Å²) in [6.07, 6.45) is 0.532. The molecule has 2 amide bonds. The van der Waals surface area contributed by atoms with Gasteiger partial charge in [0, 0.05) is 35.7 Å². The lowest BCUT2D eigenvalue weighted by atomic mass is 10.1. The fraction of sp³-hybridized carbons (Fsp3) is 0.238. The van der Waals surface area contributed by atoms with Gasteiger partial charge in [0.1, 0.15) is 11.6 Å². The fourth-order valence-corrected chi connectivity index (χ4v) is 2.80. The van der Waals surface area contributed by atoms with Crippen LogP contribution in [-0.4, -0.2) is 38.4 Å². The SMILES string of the molecule is C.Cc1c(F)ccc(C(=O)O)c1N.Cc1c(N)c(C(=O)O)cc(Cl)c1F.O=C1CCC(=O)N1Cl. The number of nitrogens with two attached hydrogens (primary N) is 2. The number of rotatable bonds is 2. The molecule has 1 fully saturated rings. The highest BCUT2D eigenvalue weighted by Gasteiger charge is 2.26. The maximum atomic E-state index is 13.0. The number of benzene rings is 2. The molecule has 1 saturated heterocycles. The Bertz CT molecular complexity index is 1110. The number of nitrogens with zero attached hydrogens (tertiary/aromatic N) is 1. The summed E-state index contributed by atoms with van der Waals surface area (Å²) in [5, 5.41) is 17.0. The van der Waals surface area contributed by atoms with E-state index in [0.29, 0.717) is 4.42 Å². The van der Waals surface area contributed by atoms with Crippen LogP contribution in [-0.2, 0) is 9.59 Å². The molecular formula is C21H23Cl2F2N3O6. The first-order valence-corrected chi connectivity index (χ1v) is 9.69. The molecule has 0 atom stereocenters. The Balaban J connectivity index is 0.000000486. The Hall–Kier alpha value is -3.44. The molecule has 0 unspecified atom stereocenters. The number of carboxylic acid groups (broad SMARTS) is 2. The van der Waals surface area contributed by atoms with E-state index >= 15 is 0 Å². The predicted molar refractivity (Wildman–Crippen MR) is 124 cm³/mol. The molecule has 186 valence electrons. The molecule has 2 aromatic carbocycles. The zero-order valence-electron chi connectivity index (χ0n) is 17.3. The minimum absolute atomic E-state index is 0. The van der Waals surface area contributed by atoms with Gasteiger partial charge >= 0.3 is 11.9 Å². The van der Waals surface area contributed by atoms with E-state index in [9.17, 15) is 28.0 Å². The Kier molecular flexibility index (Phi) is 11.4. The highest BCUT2D eigenvalue weighted by atomic mass is 35.5. The van der Waals surface area contributed by atoms with Crippen LogP contribution in [0.15, 0.2) is 18.2 Å². The maximum Gasteiger partial charge on any atom is 0.337 e. The molecule has 6 N–H and O–H groups in total.